The molecule has 17 heavy (non-hydrogen) atoms. The Morgan fingerprint density at radius 2 is 2.24 bits per heavy atom. The van der Waals surface area contributed by atoms with Crippen LogP contribution in [0.2, 0.25) is 0 Å². The largest absolute Gasteiger partial charge is 0.496 e. The van der Waals surface area contributed by atoms with Crippen LogP contribution in [0, 0.1) is 10.1 Å². The van der Waals surface area contributed by atoms with Crippen LogP contribution in [0.3, 0.4) is 0 Å². The molecule has 0 bridgehead atoms. The van der Waals surface area contributed by atoms with Crippen LogP contribution in [0.15, 0.2) is 28.8 Å². The van der Waals surface area contributed by atoms with E-state index in [1.54, 1.807) is 0 Å². The van der Waals surface area contributed by atoms with Crippen LogP contribution >= 0.6 is 0 Å². The molecule has 0 atom stereocenters. The molecular formula is C10H9N3O4. The van der Waals surface area contributed by atoms with Gasteiger partial charge in [0.25, 0.3) is 5.69 Å². The van der Waals surface area contributed by atoms with E-state index >= 15 is 0 Å². The van der Waals surface area contributed by atoms with Crippen LogP contribution in [-0.4, -0.2) is 17.2 Å². The summed E-state index contributed by atoms with van der Waals surface area (Å²) in [7, 11) is 1.42. The first-order valence-corrected chi connectivity index (χ1v) is 4.67. The quantitative estimate of drug-likeness (QED) is 0.642. The van der Waals surface area contributed by atoms with Crippen LogP contribution in [-0.2, 0) is 0 Å². The molecule has 0 aliphatic heterocycles. The Balaban J connectivity index is 2.51. The van der Waals surface area contributed by atoms with Gasteiger partial charge in [-0.15, -0.1) is 0 Å². The minimum Gasteiger partial charge on any atom is -0.496 e. The van der Waals surface area contributed by atoms with E-state index in [0.717, 1.165) is 0 Å². The zero-order chi connectivity index (χ0) is 12.4. The third-order valence-electron chi connectivity index (χ3n) is 2.19. The summed E-state index contributed by atoms with van der Waals surface area (Å²) in [6, 6.07) is 5.71. The maximum atomic E-state index is 10.6. The smallest absolute Gasteiger partial charge is 0.273 e. The lowest BCUT2D eigenvalue weighted by atomic mass is 10.1. The molecule has 7 nitrogen and oxygen atoms in total. The highest BCUT2D eigenvalue weighted by Gasteiger charge is 2.15. The number of nitrogen functional groups attached to an aromatic ring is 1. The van der Waals surface area contributed by atoms with Gasteiger partial charge in [-0.25, -0.2) is 0 Å². The maximum Gasteiger partial charge on any atom is 0.273 e. The van der Waals surface area contributed by atoms with Crippen LogP contribution in [0.5, 0.6) is 5.75 Å². The van der Waals surface area contributed by atoms with E-state index < -0.39 is 4.92 Å². The van der Waals surface area contributed by atoms with E-state index in [1.807, 2.05) is 0 Å². The van der Waals surface area contributed by atoms with Gasteiger partial charge in [-0.05, 0) is 6.07 Å². The number of benzene rings is 1. The zero-order valence-electron chi connectivity index (χ0n) is 8.91. The standard InChI is InChI=1S/C10H9N3O4/c1-16-8-4-6(13(14)15)2-3-7(8)9-5-10(11)12-17-9/h2-5H,1H3,(H2,11,12). The molecule has 0 saturated carbocycles. The second-order valence-electron chi connectivity index (χ2n) is 3.26. The summed E-state index contributed by atoms with van der Waals surface area (Å²) >= 11 is 0. The van der Waals surface area contributed by atoms with E-state index in [1.165, 1.54) is 31.4 Å². The van der Waals surface area contributed by atoms with Crippen LogP contribution in [0.4, 0.5) is 11.5 Å². The van der Waals surface area contributed by atoms with Crippen molar-refractivity contribution in [2.45, 2.75) is 0 Å². The number of nitro groups is 1. The van der Waals surface area contributed by atoms with Crippen molar-refractivity contribution in [2.24, 2.45) is 0 Å². The highest BCUT2D eigenvalue weighted by atomic mass is 16.6. The Hall–Kier alpha value is -2.57. The average molecular weight is 235 g/mol. The van der Waals surface area contributed by atoms with Crippen molar-refractivity contribution in [2.75, 3.05) is 12.8 Å². The number of rotatable bonds is 3. The molecule has 0 radical (unpaired) electrons. The van der Waals surface area contributed by atoms with Crippen molar-refractivity contribution < 1.29 is 14.2 Å². The summed E-state index contributed by atoms with van der Waals surface area (Å²) in [5.74, 6) is 0.963. The number of hydrogen-bond donors (Lipinski definition) is 1. The highest BCUT2D eigenvalue weighted by Crippen LogP contribution is 2.33. The van der Waals surface area contributed by atoms with Gasteiger partial charge in [0.2, 0.25) is 0 Å². The van der Waals surface area contributed by atoms with Crippen molar-refractivity contribution in [3.8, 4) is 17.1 Å². The van der Waals surface area contributed by atoms with Crippen LogP contribution in [0.1, 0.15) is 0 Å². The molecule has 0 fully saturated rings. The second-order valence-corrected chi connectivity index (χ2v) is 3.26. The summed E-state index contributed by atoms with van der Waals surface area (Å²) < 4.78 is 10.0. The van der Waals surface area contributed by atoms with Gasteiger partial charge in [0.05, 0.1) is 23.7 Å². The van der Waals surface area contributed by atoms with E-state index in [4.69, 9.17) is 15.0 Å². The molecular weight excluding hydrogens is 226 g/mol. The minimum absolute atomic E-state index is 0.0573. The number of non-ortho nitro benzene ring substituents is 1. The van der Waals surface area contributed by atoms with E-state index in [-0.39, 0.29) is 11.5 Å². The van der Waals surface area contributed by atoms with Gasteiger partial charge in [-0.1, -0.05) is 5.16 Å². The summed E-state index contributed by atoms with van der Waals surface area (Å²) in [6.45, 7) is 0. The Morgan fingerprint density at radius 3 is 2.76 bits per heavy atom. The molecule has 0 amide bonds. The molecule has 2 N–H and O–H groups in total. The lowest BCUT2D eigenvalue weighted by molar-refractivity contribution is -0.384. The third kappa shape index (κ3) is 2.03. The number of methoxy groups -OCH3 is 1. The predicted molar refractivity (Wildman–Crippen MR) is 59.6 cm³/mol. The summed E-state index contributed by atoms with van der Waals surface area (Å²) in [4.78, 5) is 10.1. The zero-order valence-corrected chi connectivity index (χ0v) is 8.91. The number of ether oxygens (including phenoxy) is 1. The molecule has 1 aromatic heterocycles. The monoisotopic (exact) mass is 235 g/mol. The number of aromatic nitrogens is 1. The van der Waals surface area contributed by atoms with Gasteiger partial charge in [-0.2, -0.15) is 0 Å². The number of nitro benzene ring substituents is 1. The molecule has 0 saturated heterocycles. The first-order chi connectivity index (χ1) is 8.11. The summed E-state index contributed by atoms with van der Waals surface area (Å²) in [6.07, 6.45) is 0. The number of hydrogen-bond acceptors (Lipinski definition) is 6. The average Bonchev–Trinajstić information content (AvgIpc) is 2.74. The molecule has 2 rings (SSSR count). The third-order valence-corrected chi connectivity index (χ3v) is 2.19. The Morgan fingerprint density at radius 1 is 1.47 bits per heavy atom. The molecule has 1 aromatic carbocycles. The Labute approximate surface area is 95.9 Å². The Bertz CT molecular complexity index is 564. The fraction of sp³-hybridized carbons (Fsp3) is 0.100. The summed E-state index contributed by atoms with van der Waals surface area (Å²) in [5, 5.41) is 14.2. The fourth-order valence-electron chi connectivity index (χ4n) is 1.41. The van der Waals surface area contributed by atoms with Gasteiger partial charge < -0.3 is 15.0 Å². The fourth-order valence-corrected chi connectivity index (χ4v) is 1.41. The normalized spacial score (nSPS) is 10.2. The van der Waals surface area contributed by atoms with Crippen molar-refractivity contribution in [1.82, 2.24) is 5.16 Å². The highest BCUT2D eigenvalue weighted by molar-refractivity contribution is 5.69. The maximum absolute atomic E-state index is 10.6. The van der Waals surface area contributed by atoms with Crippen LogP contribution < -0.4 is 10.5 Å². The van der Waals surface area contributed by atoms with Gasteiger partial charge >= 0.3 is 0 Å². The van der Waals surface area contributed by atoms with Crippen molar-refractivity contribution in [3.05, 3.63) is 34.4 Å². The summed E-state index contributed by atoms with van der Waals surface area (Å²) in [5.41, 5.74) is 5.93. The molecule has 0 spiro atoms. The first-order valence-electron chi connectivity index (χ1n) is 4.67. The topological polar surface area (TPSA) is 104 Å². The van der Waals surface area contributed by atoms with E-state index in [0.29, 0.717) is 17.1 Å². The number of nitrogens with zero attached hydrogens (tertiary/aromatic N) is 2. The van der Waals surface area contributed by atoms with Crippen molar-refractivity contribution in [3.63, 3.8) is 0 Å². The molecule has 0 aliphatic carbocycles. The van der Waals surface area contributed by atoms with Gasteiger partial charge in [0.1, 0.15) is 5.75 Å². The lowest BCUT2D eigenvalue weighted by Gasteiger charge is -2.04. The van der Waals surface area contributed by atoms with Gasteiger partial charge in [-0.3, -0.25) is 10.1 Å². The molecule has 0 unspecified atom stereocenters. The predicted octanol–water partition coefficient (Wildman–Crippen LogP) is 1.84. The lowest BCUT2D eigenvalue weighted by Crippen LogP contribution is -1.92. The second kappa shape index (κ2) is 4.12. The first kappa shape index (κ1) is 10.9. The SMILES string of the molecule is COc1cc([N+](=O)[O-])ccc1-c1cc(N)no1. The molecule has 2 aromatic rings. The molecule has 7 heteroatoms. The number of anilines is 1. The van der Waals surface area contributed by atoms with Crippen LogP contribution in [0.25, 0.3) is 11.3 Å². The molecule has 0 aliphatic rings. The van der Waals surface area contributed by atoms with Crippen molar-refractivity contribution in [1.29, 1.82) is 0 Å². The molecule has 88 valence electrons. The van der Waals surface area contributed by atoms with E-state index in [2.05, 4.69) is 5.16 Å². The Kier molecular flexibility index (Phi) is 2.65. The number of nitrogens with two attached hydrogens (primary N) is 1. The van der Waals surface area contributed by atoms with Gasteiger partial charge in [0, 0.05) is 12.1 Å². The van der Waals surface area contributed by atoms with Crippen molar-refractivity contribution >= 4 is 11.5 Å². The van der Waals surface area contributed by atoms with E-state index in [9.17, 15) is 10.1 Å². The molecule has 1 heterocycles. The minimum atomic E-state index is -0.499. The van der Waals surface area contributed by atoms with Gasteiger partial charge in [0.15, 0.2) is 11.6 Å².